The van der Waals surface area contributed by atoms with Crippen LogP contribution >= 0.6 is 11.8 Å². The predicted octanol–water partition coefficient (Wildman–Crippen LogP) is 2.74. The number of thioether (sulfide) groups is 1. The number of hydrogen-bond donors (Lipinski definition) is 1. The van der Waals surface area contributed by atoms with Gasteiger partial charge in [0.1, 0.15) is 0 Å². The van der Waals surface area contributed by atoms with Crippen molar-refractivity contribution in [2.75, 3.05) is 0 Å². The van der Waals surface area contributed by atoms with E-state index in [1.807, 2.05) is 19.9 Å². The molecule has 0 fully saturated rings. The summed E-state index contributed by atoms with van der Waals surface area (Å²) in [5.41, 5.74) is 0.659. The summed E-state index contributed by atoms with van der Waals surface area (Å²) in [6.07, 6.45) is 0.832. The summed E-state index contributed by atoms with van der Waals surface area (Å²) in [6.45, 7) is 4.51. The SMILES string of the molecule is CCCn1c(S[C@@H](C)c2cccc([N+](=O)[O-])c2)n[nH]c1=O. The second kappa shape index (κ2) is 6.57. The average molecular weight is 308 g/mol. The number of aromatic nitrogens is 3. The minimum atomic E-state index is -0.414. The van der Waals surface area contributed by atoms with Crippen LogP contribution in [-0.4, -0.2) is 19.7 Å². The molecule has 0 unspecified atom stereocenters. The number of nitrogens with zero attached hydrogens (tertiary/aromatic N) is 3. The standard InChI is InChI=1S/C13H16N4O3S/c1-3-7-16-12(18)14-15-13(16)21-9(2)10-5-4-6-11(8-10)17(19)20/h4-6,8-9H,3,7H2,1-2H3,(H,14,18)/t9-/m0/s1. The molecule has 21 heavy (non-hydrogen) atoms. The first-order valence-corrected chi connectivity index (χ1v) is 7.47. The molecule has 0 aliphatic carbocycles. The van der Waals surface area contributed by atoms with Gasteiger partial charge >= 0.3 is 5.69 Å². The van der Waals surface area contributed by atoms with E-state index in [1.54, 1.807) is 16.7 Å². The maximum Gasteiger partial charge on any atom is 0.343 e. The third-order valence-corrected chi connectivity index (χ3v) is 4.15. The van der Waals surface area contributed by atoms with E-state index in [9.17, 15) is 14.9 Å². The van der Waals surface area contributed by atoms with Crippen molar-refractivity contribution in [2.24, 2.45) is 0 Å². The zero-order valence-corrected chi connectivity index (χ0v) is 12.6. The number of nitro benzene ring substituents is 1. The lowest BCUT2D eigenvalue weighted by Crippen LogP contribution is -2.17. The van der Waals surface area contributed by atoms with Crippen molar-refractivity contribution in [2.45, 2.75) is 37.2 Å². The zero-order chi connectivity index (χ0) is 15.4. The molecule has 0 aliphatic rings. The fraction of sp³-hybridized carbons (Fsp3) is 0.385. The van der Waals surface area contributed by atoms with E-state index in [0.29, 0.717) is 11.7 Å². The molecule has 2 aromatic rings. The second-order valence-corrected chi connectivity index (χ2v) is 5.88. The Bertz CT molecular complexity index is 695. The van der Waals surface area contributed by atoms with Gasteiger partial charge in [0.2, 0.25) is 0 Å². The Balaban J connectivity index is 2.22. The van der Waals surface area contributed by atoms with Gasteiger partial charge in [-0.25, -0.2) is 9.89 Å². The molecule has 8 heteroatoms. The van der Waals surface area contributed by atoms with Gasteiger partial charge < -0.3 is 0 Å². The molecule has 1 aromatic carbocycles. The van der Waals surface area contributed by atoms with Crippen molar-refractivity contribution in [3.63, 3.8) is 0 Å². The second-order valence-electron chi connectivity index (χ2n) is 4.58. The van der Waals surface area contributed by atoms with Gasteiger partial charge in [-0.3, -0.25) is 14.7 Å². The molecule has 0 amide bonds. The highest BCUT2D eigenvalue weighted by Gasteiger charge is 2.16. The largest absolute Gasteiger partial charge is 0.343 e. The molecular weight excluding hydrogens is 292 g/mol. The van der Waals surface area contributed by atoms with Crippen molar-refractivity contribution in [3.8, 4) is 0 Å². The van der Waals surface area contributed by atoms with E-state index in [0.717, 1.165) is 12.0 Å². The van der Waals surface area contributed by atoms with Crippen molar-refractivity contribution >= 4 is 17.4 Å². The summed E-state index contributed by atoms with van der Waals surface area (Å²) in [7, 11) is 0. The van der Waals surface area contributed by atoms with E-state index in [2.05, 4.69) is 10.2 Å². The Labute approximate surface area is 125 Å². The fourth-order valence-corrected chi connectivity index (χ4v) is 2.93. The normalized spacial score (nSPS) is 12.3. The van der Waals surface area contributed by atoms with Crippen LogP contribution in [0.3, 0.4) is 0 Å². The van der Waals surface area contributed by atoms with Crippen LogP contribution in [0.2, 0.25) is 0 Å². The molecule has 1 N–H and O–H groups in total. The summed E-state index contributed by atoms with van der Waals surface area (Å²) in [5, 5.41) is 17.8. The summed E-state index contributed by atoms with van der Waals surface area (Å²) in [5.74, 6) is 0. The lowest BCUT2D eigenvalue weighted by molar-refractivity contribution is -0.384. The first kappa shape index (κ1) is 15.3. The molecule has 112 valence electrons. The van der Waals surface area contributed by atoms with Crippen LogP contribution in [0.5, 0.6) is 0 Å². The zero-order valence-electron chi connectivity index (χ0n) is 11.8. The number of rotatable bonds is 6. The van der Waals surface area contributed by atoms with Crippen LogP contribution in [0, 0.1) is 10.1 Å². The van der Waals surface area contributed by atoms with Crippen molar-refractivity contribution in [3.05, 3.63) is 50.4 Å². The van der Waals surface area contributed by atoms with E-state index in [-0.39, 0.29) is 16.6 Å². The van der Waals surface area contributed by atoms with Crippen LogP contribution in [0.1, 0.15) is 31.1 Å². The summed E-state index contributed by atoms with van der Waals surface area (Å²) in [4.78, 5) is 22.0. The number of aromatic amines is 1. The Morgan fingerprint density at radius 1 is 1.52 bits per heavy atom. The van der Waals surface area contributed by atoms with Crippen LogP contribution in [0.15, 0.2) is 34.2 Å². The first-order valence-electron chi connectivity index (χ1n) is 6.59. The maximum atomic E-state index is 11.6. The molecule has 0 aliphatic heterocycles. The summed E-state index contributed by atoms with van der Waals surface area (Å²) >= 11 is 1.40. The molecule has 7 nitrogen and oxygen atoms in total. The molecule has 0 saturated heterocycles. The topological polar surface area (TPSA) is 93.8 Å². The maximum absolute atomic E-state index is 11.6. The van der Waals surface area contributed by atoms with Gasteiger partial charge in [0, 0.05) is 23.9 Å². The molecule has 0 bridgehead atoms. The minimum absolute atomic E-state index is 0.0456. The van der Waals surface area contributed by atoms with Crippen LogP contribution in [0.25, 0.3) is 0 Å². The molecule has 0 spiro atoms. The van der Waals surface area contributed by atoms with Crippen molar-refractivity contribution in [1.82, 2.24) is 14.8 Å². The molecule has 0 radical (unpaired) electrons. The Morgan fingerprint density at radius 2 is 2.29 bits per heavy atom. The summed E-state index contributed by atoms with van der Waals surface area (Å²) < 4.78 is 1.58. The van der Waals surface area contributed by atoms with Gasteiger partial charge in [0.05, 0.1) is 4.92 Å². The molecule has 1 heterocycles. The molecule has 0 saturated carbocycles. The van der Waals surface area contributed by atoms with E-state index >= 15 is 0 Å². The van der Waals surface area contributed by atoms with Gasteiger partial charge in [-0.2, -0.15) is 0 Å². The fourth-order valence-electron chi connectivity index (χ4n) is 1.93. The van der Waals surface area contributed by atoms with Gasteiger partial charge in [0.25, 0.3) is 5.69 Å². The molecule has 2 rings (SSSR count). The van der Waals surface area contributed by atoms with Gasteiger partial charge in [-0.05, 0) is 18.9 Å². The van der Waals surface area contributed by atoms with Gasteiger partial charge in [-0.1, -0.05) is 30.8 Å². The molecule has 1 atom stereocenters. The predicted molar refractivity (Wildman–Crippen MR) is 80.5 cm³/mol. The van der Waals surface area contributed by atoms with Crippen LogP contribution in [0.4, 0.5) is 5.69 Å². The highest BCUT2D eigenvalue weighted by Crippen LogP contribution is 2.34. The lowest BCUT2D eigenvalue weighted by atomic mass is 10.1. The molecule has 1 aromatic heterocycles. The van der Waals surface area contributed by atoms with Crippen molar-refractivity contribution in [1.29, 1.82) is 0 Å². The van der Waals surface area contributed by atoms with Crippen LogP contribution < -0.4 is 5.69 Å². The lowest BCUT2D eigenvalue weighted by Gasteiger charge is -2.11. The quantitative estimate of drug-likeness (QED) is 0.503. The molecular formula is C13H16N4O3S. The smallest absolute Gasteiger partial charge is 0.270 e. The number of benzene rings is 1. The van der Waals surface area contributed by atoms with Gasteiger partial charge in [0.15, 0.2) is 5.16 Å². The number of hydrogen-bond acceptors (Lipinski definition) is 5. The number of nitro groups is 1. The number of H-pyrrole nitrogens is 1. The third-order valence-electron chi connectivity index (χ3n) is 3.00. The van der Waals surface area contributed by atoms with Crippen molar-refractivity contribution < 1.29 is 4.92 Å². The Kier molecular flexibility index (Phi) is 4.79. The highest BCUT2D eigenvalue weighted by atomic mass is 32.2. The van der Waals surface area contributed by atoms with Crippen LogP contribution in [-0.2, 0) is 6.54 Å². The van der Waals surface area contributed by atoms with E-state index in [4.69, 9.17) is 0 Å². The van der Waals surface area contributed by atoms with Gasteiger partial charge in [-0.15, -0.1) is 5.10 Å². The minimum Gasteiger partial charge on any atom is -0.270 e. The van der Waals surface area contributed by atoms with E-state index < -0.39 is 4.92 Å². The average Bonchev–Trinajstić information content (AvgIpc) is 2.81. The highest BCUT2D eigenvalue weighted by molar-refractivity contribution is 7.99. The Morgan fingerprint density at radius 3 is 2.95 bits per heavy atom. The monoisotopic (exact) mass is 308 g/mol. The Hall–Kier alpha value is -2.09. The summed E-state index contributed by atoms with van der Waals surface area (Å²) in [6, 6.07) is 6.50. The first-order chi connectivity index (χ1) is 10.0. The number of nitrogens with one attached hydrogen (secondary N) is 1. The number of non-ortho nitro benzene ring substituents is 1. The van der Waals surface area contributed by atoms with E-state index in [1.165, 1.54) is 17.8 Å². The third kappa shape index (κ3) is 3.52.